The van der Waals surface area contributed by atoms with E-state index in [0.717, 1.165) is 44.6 Å². The molecule has 0 aliphatic carbocycles. The van der Waals surface area contributed by atoms with Crippen molar-refractivity contribution in [3.05, 3.63) is 29.3 Å². The average molecular weight is 323 g/mol. The molecule has 23 heavy (non-hydrogen) atoms. The fourth-order valence-corrected chi connectivity index (χ4v) is 3.73. The predicted octanol–water partition coefficient (Wildman–Crippen LogP) is 3.55. The van der Waals surface area contributed by atoms with E-state index in [0.29, 0.717) is 17.6 Å². The Kier molecular flexibility index (Phi) is 4.49. The van der Waals surface area contributed by atoms with Crippen LogP contribution in [0.4, 0.5) is 18.9 Å². The molecule has 0 bridgehead atoms. The summed E-state index contributed by atoms with van der Waals surface area (Å²) in [6.07, 6.45) is 0.0646. The van der Waals surface area contributed by atoms with E-state index in [1.54, 1.807) is 0 Å². The van der Waals surface area contributed by atoms with E-state index in [2.05, 4.69) is 5.32 Å². The van der Waals surface area contributed by atoms with Gasteiger partial charge in [0.15, 0.2) is 0 Å². The smallest absolute Gasteiger partial charge is 0.370 e. The number of anilines is 1. The zero-order valence-electron chi connectivity index (χ0n) is 12.9. The first-order valence-electron chi connectivity index (χ1n) is 8.08. The molecule has 2 aliphatic rings. The summed E-state index contributed by atoms with van der Waals surface area (Å²) in [7, 11) is 0. The zero-order valence-corrected chi connectivity index (χ0v) is 12.9. The summed E-state index contributed by atoms with van der Waals surface area (Å²) in [6.45, 7) is 2.67. The molecular formula is C17H20F3N3. The van der Waals surface area contributed by atoms with E-state index in [4.69, 9.17) is 0 Å². The minimum absolute atomic E-state index is 0.109. The first-order valence-corrected chi connectivity index (χ1v) is 8.08. The number of nitriles is 1. The number of nitrogens with zero attached hydrogens (tertiary/aromatic N) is 2. The van der Waals surface area contributed by atoms with Crippen molar-refractivity contribution in [1.29, 1.82) is 5.26 Å². The third kappa shape index (κ3) is 3.45. The molecule has 3 rings (SSSR count). The number of piperidine rings is 1. The lowest BCUT2D eigenvalue weighted by Gasteiger charge is -2.36. The van der Waals surface area contributed by atoms with Gasteiger partial charge in [-0.15, -0.1) is 0 Å². The van der Waals surface area contributed by atoms with Crippen molar-refractivity contribution < 1.29 is 13.2 Å². The third-order valence-corrected chi connectivity index (χ3v) is 4.99. The van der Waals surface area contributed by atoms with Crippen LogP contribution >= 0.6 is 0 Å². The molecule has 1 atom stereocenters. The number of alkyl halides is 3. The molecule has 3 nitrogen and oxygen atoms in total. The number of halogens is 3. The summed E-state index contributed by atoms with van der Waals surface area (Å²) in [4.78, 5) is 2.05. The van der Waals surface area contributed by atoms with E-state index >= 15 is 0 Å². The van der Waals surface area contributed by atoms with Gasteiger partial charge in [-0.25, -0.2) is 0 Å². The number of benzene rings is 1. The lowest BCUT2D eigenvalue weighted by Crippen LogP contribution is -2.41. The lowest BCUT2D eigenvalue weighted by molar-refractivity contribution is -0.137. The molecule has 124 valence electrons. The van der Waals surface area contributed by atoms with Crippen LogP contribution in [0.15, 0.2) is 18.2 Å². The largest absolute Gasteiger partial charge is 0.416 e. The van der Waals surface area contributed by atoms with Gasteiger partial charge in [0.2, 0.25) is 0 Å². The van der Waals surface area contributed by atoms with Gasteiger partial charge < -0.3 is 10.2 Å². The summed E-state index contributed by atoms with van der Waals surface area (Å²) in [5.41, 5.74) is -0.0292. The molecule has 2 aliphatic heterocycles. The predicted molar refractivity (Wildman–Crippen MR) is 82.1 cm³/mol. The SMILES string of the molecule is N#Cc1cc(C(F)(F)F)ccc1N1CCC(C2CCCN2)CC1. The number of rotatable bonds is 2. The van der Waals surface area contributed by atoms with Gasteiger partial charge in [-0.2, -0.15) is 18.4 Å². The summed E-state index contributed by atoms with van der Waals surface area (Å²) >= 11 is 0. The Morgan fingerprint density at radius 2 is 1.91 bits per heavy atom. The van der Waals surface area contributed by atoms with Crippen LogP contribution in [0.3, 0.4) is 0 Å². The Bertz CT molecular complexity index is 592. The Morgan fingerprint density at radius 1 is 1.17 bits per heavy atom. The number of hydrogen-bond acceptors (Lipinski definition) is 3. The molecule has 0 amide bonds. The topological polar surface area (TPSA) is 39.1 Å². The van der Waals surface area contributed by atoms with Gasteiger partial charge >= 0.3 is 6.18 Å². The van der Waals surface area contributed by atoms with E-state index < -0.39 is 11.7 Å². The molecule has 0 aromatic heterocycles. The van der Waals surface area contributed by atoms with Crippen LogP contribution in [0.2, 0.25) is 0 Å². The van der Waals surface area contributed by atoms with Crippen molar-refractivity contribution in [1.82, 2.24) is 5.32 Å². The zero-order chi connectivity index (χ0) is 16.4. The van der Waals surface area contributed by atoms with Crippen LogP contribution in [-0.2, 0) is 6.18 Å². The second-order valence-electron chi connectivity index (χ2n) is 6.37. The molecule has 0 radical (unpaired) electrons. The van der Waals surface area contributed by atoms with E-state index in [-0.39, 0.29) is 5.56 Å². The number of nitrogens with one attached hydrogen (secondary N) is 1. The van der Waals surface area contributed by atoms with E-state index in [9.17, 15) is 18.4 Å². The van der Waals surface area contributed by atoms with Crippen molar-refractivity contribution in [2.24, 2.45) is 5.92 Å². The maximum Gasteiger partial charge on any atom is 0.416 e. The monoisotopic (exact) mass is 323 g/mol. The van der Waals surface area contributed by atoms with Crippen LogP contribution in [0.25, 0.3) is 0 Å². The average Bonchev–Trinajstić information content (AvgIpc) is 3.08. The van der Waals surface area contributed by atoms with Crippen molar-refractivity contribution in [3.63, 3.8) is 0 Å². The van der Waals surface area contributed by atoms with Crippen LogP contribution in [0.1, 0.15) is 36.8 Å². The van der Waals surface area contributed by atoms with E-state index in [1.807, 2.05) is 11.0 Å². The molecule has 2 fully saturated rings. The highest BCUT2D eigenvalue weighted by atomic mass is 19.4. The summed E-state index contributed by atoms with van der Waals surface area (Å²) in [5, 5.41) is 12.7. The Balaban J connectivity index is 1.71. The Morgan fingerprint density at radius 3 is 2.48 bits per heavy atom. The molecule has 6 heteroatoms. The first-order chi connectivity index (χ1) is 11.0. The van der Waals surface area contributed by atoms with Crippen molar-refractivity contribution in [3.8, 4) is 6.07 Å². The van der Waals surface area contributed by atoms with Crippen LogP contribution < -0.4 is 10.2 Å². The summed E-state index contributed by atoms with van der Waals surface area (Å²) in [6, 6.07) is 5.97. The van der Waals surface area contributed by atoms with Crippen molar-refractivity contribution >= 4 is 5.69 Å². The molecule has 0 saturated carbocycles. The lowest BCUT2D eigenvalue weighted by atomic mass is 9.88. The summed E-state index contributed by atoms with van der Waals surface area (Å²) < 4.78 is 38.3. The molecule has 1 N–H and O–H groups in total. The van der Waals surface area contributed by atoms with Crippen LogP contribution in [-0.4, -0.2) is 25.7 Å². The maximum atomic E-state index is 12.8. The van der Waals surface area contributed by atoms with Gasteiger partial charge in [0.1, 0.15) is 6.07 Å². The molecule has 1 aromatic rings. The second kappa shape index (κ2) is 6.40. The van der Waals surface area contributed by atoms with Crippen LogP contribution in [0.5, 0.6) is 0 Å². The molecule has 2 saturated heterocycles. The maximum absolute atomic E-state index is 12.8. The normalized spacial score (nSPS) is 23.0. The fraction of sp³-hybridized carbons (Fsp3) is 0.588. The first kappa shape index (κ1) is 16.1. The highest BCUT2D eigenvalue weighted by molar-refractivity contribution is 5.61. The quantitative estimate of drug-likeness (QED) is 0.905. The standard InChI is InChI=1S/C17H20F3N3/c18-17(19,20)14-3-4-16(13(10-14)11-21)23-8-5-12(6-9-23)15-2-1-7-22-15/h3-4,10,12,15,22H,1-2,5-9H2. The minimum Gasteiger partial charge on any atom is -0.370 e. The number of hydrogen-bond donors (Lipinski definition) is 1. The highest BCUT2D eigenvalue weighted by Gasteiger charge is 2.32. The van der Waals surface area contributed by atoms with Gasteiger partial charge in [0, 0.05) is 19.1 Å². The molecule has 1 aromatic carbocycles. The summed E-state index contributed by atoms with van der Waals surface area (Å²) in [5.74, 6) is 0.633. The molecular weight excluding hydrogens is 303 g/mol. The van der Waals surface area contributed by atoms with Gasteiger partial charge in [-0.05, 0) is 56.3 Å². The van der Waals surface area contributed by atoms with Gasteiger partial charge in [0.25, 0.3) is 0 Å². The van der Waals surface area contributed by atoms with E-state index in [1.165, 1.54) is 18.9 Å². The molecule has 0 spiro atoms. The van der Waals surface area contributed by atoms with Gasteiger partial charge in [-0.3, -0.25) is 0 Å². The fourth-order valence-electron chi connectivity index (χ4n) is 3.73. The minimum atomic E-state index is -4.41. The molecule has 1 unspecified atom stereocenters. The third-order valence-electron chi connectivity index (χ3n) is 4.99. The second-order valence-corrected chi connectivity index (χ2v) is 6.37. The Hall–Kier alpha value is -1.74. The van der Waals surface area contributed by atoms with Crippen molar-refractivity contribution in [2.45, 2.75) is 37.9 Å². The van der Waals surface area contributed by atoms with Crippen LogP contribution in [0, 0.1) is 17.2 Å². The Labute approximate surface area is 134 Å². The molecule has 2 heterocycles. The van der Waals surface area contributed by atoms with Gasteiger partial charge in [-0.1, -0.05) is 0 Å². The highest BCUT2D eigenvalue weighted by Crippen LogP contribution is 2.34. The van der Waals surface area contributed by atoms with Crippen molar-refractivity contribution in [2.75, 3.05) is 24.5 Å². The van der Waals surface area contributed by atoms with Gasteiger partial charge in [0.05, 0.1) is 16.8 Å².